The fourth-order valence-corrected chi connectivity index (χ4v) is 1.84. The average Bonchev–Trinajstić information content (AvgIpc) is 2.66. The molecule has 0 radical (unpaired) electrons. The van der Waals surface area contributed by atoms with E-state index < -0.39 is 23.7 Å². The van der Waals surface area contributed by atoms with Crippen molar-refractivity contribution in [3.8, 4) is 0 Å². The van der Waals surface area contributed by atoms with Gasteiger partial charge in [-0.05, 0) is 20.8 Å². The summed E-state index contributed by atoms with van der Waals surface area (Å²) in [4.78, 5) is 27.2. The van der Waals surface area contributed by atoms with Crippen LogP contribution in [0, 0.1) is 0 Å². The highest BCUT2D eigenvalue weighted by Gasteiger charge is 2.24. The van der Waals surface area contributed by atoms with Crippen LogP contribution in [0.4, 0.5) is 4.79 Å². The minimum atomic E-state index is -1.10. The number of nitrogens with one attached hydrogen (secondary N) is 1. The van der Waals surface area contributed by atoms with Crippen molar-refractivity contribution >= 4 is 23.4 Å². The Kier molecular flexibility index (Phi) is 4.66. The third-order valence-electron chi connectivity index (χ3n) is 1.88. The second-order valence-electron chi connectivity index (χ2n) is 4.71. The van der Waals surface area contributed by atoms with Crippen LogP contribution in [0.2, 0.25) is 0 Å². The zero-order chi connectivity index (χ0) is 13.8. The van der Waals surface area contributed by atoms with Crippen molar-refractivity contribution in [1.82, 2.24) is 10.3 Å². The molecule has 0 aliphatic rings. The molecular formula is C11H16N2O4S. The molecule has 100 valence electrons. The second-order valence-corrected chi connectivity index (χ2v) is 5.68. The highest BCUT2D eigenvalue weighted by molar-refractivity contribution is 7.09. The lowest BCUT2D eigenvalue weighted by molar-refractivity contribution is -0.139. The van der Waals surface area contributed by atoms with Crippen LogP contribution in [0.3, 0.4) is 0 Å². The number of nitrogens with zero attached hydrogens (tertiary/aromatic N) is 1. The Balaban J connectivity index is 2.58. The van der Waals surface area contributed by atoms with Crippen LogP contribution in [-0.2, 0) is 16.0 Å². The standard InChI is InChI=1S/C11H16N2O4S/c1-11(2,3)17-10(16)13-8(9(14)15)4-7-5-12-6-18-7/h5-6,8H,4H2,1-3H3,(H,13,16)(H,14,15)/t8-/m0/s1. The van der Waals surface area contributed by atoms with E-state index in [9.17, 15) is 9.59 Å². The van der Waals surface area contributed by atoms with Crippen LogP contribution in [0.25, 0.3) is 0 Å². The number of thiazole rings is 1. The van der Waals surface area contributed by atoms with Gasteiger partial charge in [0.2, 0.25) is 0 Å². The number of amides is 1. The largest absolute Gasteiger partial charge is 0.480 e. The lowest BCUT2D eigenvalue weighted by atomic mass is 10.2. The SMILES string of the molecule is CC(C)(C)OC(=O)N[C@@H](Cc1cncs1)C(=O)O. The van der Waals surface area contributed by atoms with Crippen molar-refractivity contribution in [3.63, 3.8) is 0 Å². The summed E-state index contributed by atoms with van der Waals surface area (Å²) >= 11 is 1.34. The first kappa shape index (κ1) is 14.4. The normalized spacial score (nSPS) is 12.8. The smallest absolute Gasteiger partial charge is 0.408 e. The number of aromatic nitrogens is 1. The van der Waals surface area contributed by atoms with E-state index in [1.807, 2.05) is 0 Å². The van der Waals surface area contributed by atoms with Crippen molar-refractivity contribution < 1.29 is 19.4 Å². The van der Waals surface area contributed by atoms with Gasteiger partial charge in [0, 0.05) is 17.5 Å². The maximum absolute atomic E-state index is 11.5. The number of hydrogen-bond donors (Lipinski definition) is 2. The van der Waals surface area contributed by atoms with Gasteiger partial charge in [0.1, 0.15) is 11.6 Å². The summed E-state index contributed by atoms with van der Waals surface area (Å²) in [7, 11) is 0. The minimum absolute atomic E-state index is 0.194. The highest BCUT2D eigenvalue weighted by Crippen LogP contribution is 2.10. The third kappa shape index (κ3) is 5.13. The zero-order valence-corrected chi connectivity index (χ0v) is 11.3. The van der Waals surface area contributed by atoms with Gasteiger partial charge in [0.15, 0.2) is 0 Å². The van der Waals surface area contributed by atoms with Gasteiger partial charge in [-0.2, -0.15) is 0 Å². The molecule has 6 nitrogen and oxygen atoms in total. The molecule has 0 saturated heterocycles. The van der Waals surface area contributed by atoms with Gasteiger partial charge in [0.05, 0.1) is 5.51 Å². The number of carboxylic acids is 1. The summed E-state index contributed by atoms with van der Waals surface area (Å²) in [5.41, 5.74) is 0.958. The van der Waals surface area contributed by atoms with Gasteiger partial charge in [-0.3, -0.25) is 4.98 Å². The van der Waals surface area contributed by atoms with Crippen molar-refractivity contribution in [3.05, 3.63) is 16.6 Å². The zero-order valence-electron chi connectivity index (χ0n) is 10.5. The van der Waals surface area contributed by atoms with Crippen molar-refractivity contribution in [2.75, 3.05) is 0 Å². The number of carbonyl (C=O) groups excluding carboxylic acids is 1. The Morgan fingerprint density at radius 2 is 2.22 bits per heavy atom. The predicted molar refractivity (Wildman–Crippen MR) is 66.6 cm³/mol. The van der Waals surface area contributed by atoms with Crippen LogP contribution in [0.1, 0.15) is 25.6 Å². The number of aliphatic carboxylic acids is 1. The van der Waals surface area contributed by atoms with Crippen molar-refractivity contribution in [2.24, 2.45) is 0 Å². The summed E-state index contributed by atoms with van der Waals surface area (Å²) in [6, 6.07) is -1.01. The molecule has 1 atom stereocenters. The molecule has 0 bridgehead atoms. The monoisotopic (exact) mass is 272 g/mol. The van der Waals surface area contributed by atoms with E-state index in [0.29, 0.717) is 0 Å². The van der Waals surface area contributed by atoms with Crippen molar-refractivity contribution in [2.45, 2.75) is 38.8 Å². The third-order valence-corrected chi connectivity index (χ3v) is 2.68. The molecule has 0 fully saturated rings. The number of rotatable bonds is 4. The fourth-order valence-electron chi connectivity index (χ4n) is 1.19. The first-order chi connectivity index (χ1) is 8.28. The van der Waals surface area contributed by atoms with Crippen LogP contribution < -0.4 is 5.32 Å². The molecule has 2 N–H and O–H groups in total. The Labute approximate surface area is 109 Å². The Bertz CT molecular complexity index is 411. The molecule has 0 aliphatic carbocycles. The number of carboxylic acid groups (broad SMARTS) is 1. The molecule has 0 unspecified atom stereocenters. The minimum Gasteiger partial charge on any atom is -0.480 e. The first-order valence-electron chi connectivity index (χ1n) is 5.37. The number of carbonyl (C=O) groups is 2. The summed E-state index contributed by atoms with van der Waals surface area (Å²) in [5, 5.41) is 11.4. The van der Waals surface area contributed by atoms with E-state index in [1.165, 1.54) is 11.3 Å². The van der Waals surface area contributed by atoms with E-state index in [-0.39, 0.29) is 6.42 Å². The molecule has 18 heavy (non-hydrogen) atoms. The summed E-state index contributed by atoms with van der Waals surface area (Å²) < 4.78 is 5.01. The number of alkyl carbamates (subject to hydrolysis) is 1. The van der Waals surface area contributed by atoms with Crippen LogP contribution >= 0.6 is 11.3 Å². The molecule has 0 saturated carbocycles. The Hall–Kier alpha value is -1.63. The van der Waals surface area contributed by atoms with Crippen molar-refractivity contribution in [1.29, 1.82) is 0 Å². The predicted octanol–water partition coefficient (Wildman–Crippen LogP) is 1.66. The quantitative estimate of drug-likeness (QED) is 0.870. The van der Waals surface area contributed by atoms with E-state index >= 15 is 0 Å². The summed E-state index contributed by atoms with van der Waals surface area (Å²) in [6.45, 7) is 5.14. The van der Waals surface area contributed by atoms with Gasteiger partial charge >= 0.3 is 12.1 Å². The molecule has 7 heteroatoms. The van der Waals surface area contributed by atoms with E-state index in [0.717, 1.165) is 4.88 Å². The van der Waals surface area contributed by atoms with Crippen LogP contribution in [-0.4, -0.2) is 33.8 Å². The van der Waals surface area contributed by atoms with Gasteiger partial charge < -0.3 is 15.2 Å². The van der Waals surface area contributed by atoms with Gasteiger partial charge in [-0.1, -0.05) is 0 Å². The van der Waals surface area contributed by atoms with E-state index in [2.05, 4.69) is 10.3 Å². The second kappa shape index (κ2) is 5.81. The van der Waals surface area contributed by atoms with Gasteiger partial charge in [-0.25, -0.2) is 9.59 Å². The molecule has 1 amide bonds. The topological polar surface area (TPSA) is 88.5 Å². The van der Waals surface area contributed by atoms with Gasteiger partial charge in [-0.15, -0.1) is 11.3 Å². The lowest BCUT2D eigenvalue weighted by Gasteiger charge is -2.21. The van der Waals surface area contributed by atoms with Gasteiger partial charge in [0.25, 0.3) is 0 Å². The molecule has 0 aromatic carbocycles. The first-order valence-corrected chi connectivity index (χ1v) is 6.25. The Morgan fingerprint density at radius 1 is 1.56 bits per heavy atom. The molecule has 0 aliphatic heterocycles. The summed E-state index contributed by atoms with van der Waals surface area (Å²) in [5.74, 6) is -1.10. The maximum atomic E-state index is 11.5. The number of ether oxygens (including phenoxy) is 1. The van der Waals surface area contributed by atoms with Crippen LogP contribution in [0.15, 0.2) is 11.7 Å². The molecule has 0 spiro atoms. The molecule has 1 rings (SSSR count). The molecule has 1 heterocycles. The highest BCUT2D eigenvalue weighted by atomic mass is 32.1. The number of hydrogen-bond acceptors (Lipinski definition) is 5. The average molecular weight is 272 g/mol. The van der Waals surface area contributed by atoms with E-state index in [4.69, 9.17) is 9.84 Å². The molecule has 1 aromatic heterocycles. The molecule has 1 aromatic rings. The summed E-state index contributed by atoms with van der Waals surface area (Å²) in [6.07, 6.45) is 1.04. The molecular weight excluding hydrogens is 256 g/mol. The maximum Gasteiger partial charge on any atom is 0.408 e. The van der Waals surface area contributed by atoms with E-state index in [1.54, 1.807) is 32.5 Å². The fraction of sp³-hybridized carbons (Fsp3) is 0.545. The Morgan fingerprint density at radius 3 is 2.67 bits per heavy atom. The van der Waals surface area contributed by atoms with Crippen LogP contribution in [0.5, 0.6) is 0 Å². The lowest BCUT2D eigenvalue weighted by Crippen LogP contribution is -2.44.